The summed E-state index contributed by atoms with van der Waals surface area (Å²) in [7, 11) is 0. The molecule has 4 atom stereocenters. The van der Waals surface area contributed by atoms with Crippen LogP contribution in [-0.2, 0) is 27.2 Å². The molecule has 9 heteroatoms. The van der Waals surface area contributed by atoms with Crippen molar-refractivity contribution in [2.75, 3.05) is 13.1 Å². The van der Waals surface area contributed by atoms with Gasteiger partial charge in [-0.05, 0) is 61.8 Å². The van der Waals surface area contributed by atoms with E-state index in [4.69, 9.17) is 28.9 Å². The SMILES string of the molecule is N[C@@H]1C[C@H]2C(=O)N([C@H](CCC(=O)O)C(=O)CCc3ccc(Cl)c(Cl)c3)CC[C@@H](CCc3ccccc3)N2C1. The van der Waals surface area contributed by atoms with Gasteiger partial charge in [0.1, 0.15) is 0 Å². The number of carboxylic acids is 1. The highest BCUT2D eigenvalue weighted by atomic mass is 35.5. The Labute approximate surface area is 233 Å². The summed E-state index contributed by atoms with van der Waals surface area (Å²) in [5.74, 6) is -1.24. The number of carbonyl (C=O) groups is 3. The monoisotopic (exact) mass is 559 g/mol. The molecule has 2 aliphatic rings. The second kappa shape index (κ2) is 13.1. The molecule has 2 heterocycles. The van der Waals surface area contributed by atoms with Gasteiger partial charge in [0, 0.05) is 38.0 Å². The van der Waals surface area contributed by atoms with E-state index < -0.39 is 12.0 Å². The molecule has 0 saturated carbocycles. The zero-order valence-electron chi connectivity index (χ0n) is 21.4. The van der Waals surface area contributed by atoms with Crippen molar-refractivity contribution < 1.29 is 19.5 Å². The third-order valence-electron chi connectivity index (χ3n) is 7.74. The lowest BCUT2D eigenvalue weighted by molar-refractivity contribution is -0.144. The van der Waals surface area contributed by atoms with Crippen LogP contribution in [0.2, 0.25) is 10.0 Å². The normalized spacial score (nSPS) is 22.7. The van der Waals surface area contributed by atoms with Crippen molar-refractivity contribution in [3.8, 4) is 0 Å². The van der Waals surface area contributed by atoms with E-state index in [9.17, 15) is 19.5 Å². The third-order valence-corrected chi connectivity index (χ3v) is 8.48. The highest BCUT2D eigenvalue weighted by Gasteiger charge is 2.45. The van der Waals surface area contributed by atoms with E-state index in [1.54, 1.807) is 17.0 Å². The van der Waals surface area contributed by atoms with E-state index in [2.05, 4.69) is 17.0 Å². The number of benzene rings is 2. The second-order valence-electron chi connectivity index (χ2n) is 10.4. The van der Waals surface area contributed by atoms with Gasteiger partial charge in [-0.3, -0.25) is 19.3 Å². The number of nitrogens with two attached hydrogens (primary N) is 1. The summed E-state index contributed by atoms with van der Waals surface area (Å²) in [6.07, 6.45) is 3.56. The molecular weight excluding hydrogens is 525 g/mol. The van der Waals surface area contributed by atoms with Crippen LogP contribution in [0.1, 0.15) is 49.7 Å². The summed E-state index contributed by atoms with van der Waals surface area (Å²) in [6, 6.07) is 14.4. The number of rotatable bonds is 11. The molecule has 1 amide bonds. The van der Waals surface area contributed by atoms with Crippen molar-refractivity contribution in [2.24, 2.45) is 5.73 Å². The fourth-order valence-corrected chi connectivity index (χ4v) is 6.09. The summed E-state index contributed by atoms with van der Waals surface area (Å²) < 4.78 is 0. The highest BCUT2D eigenvalue weighted by molar-refractivity contribution is 6.42. The molecule has 38 heavy (non-hydrogen) atoms. The van der Waals surface area contributed by atoms with Gasteiger partial charge < -0.3 is 15.7 Å². The average Bonchev–Trinajstić information content (AvgIpc) is 3.24. The van der Waals surface area contributed by atoms with E-state index >= 15 is 0 Å². The number of aliphatic carboxylic acids is 1. The van der Waals surface area contributed by atoms with Crippen molar-refractivity contribution in [2.45, 2.75) is 75.5 Å². The summed E-state index contributed by atoms with van der Waals surface area (Å²) >= 11 is 12.1. The summed E-state index contributed by atoms with van der Waals surface area (Å²) in [5, 5.41) is 10.2. The lowest BCUT2D eigenvalue weighted by Gasteiger charge is -2.32. The van der Waals surface area contributed by atoms with Crippen LogP contribution in [0.25, 0.3) is 0 Å². The molecule has 2 saturated heterocycles. The van der Waals surface area contributed by atoms with E-state index in [0.717, 1.165) is 18.4 Å². The standard InChI is InChI=1S/C29H35Cl2N3O4/c30-23-10-7-20(16-24(23)31)8-12-27(35)25(11-13-28(36)37)33-15-14-22(9-6-19-4-2-1-3-5-19)34-18-21(32)17-26(34)29(33)38/h1-5,7,10,16,21-22,25-26H,6,8-9,11-15,17-18,32H2,(H,36,37)/t21-,22-,25-,26+/m1/s1. The van der Waals surface area contributed by atoms with Gasteiger partial charge in [0.05, 0.1) is 22.1 Å². The zero-order chi connectivity index (χ0) is 27.2. The Kier molecular flexibility index (Phi) is 9.82. The number of halogens is 2. The number of aryl methyl sites for hydroxylation is 2. The third kappa shape index (κ3) is 7.14. The molecule has 2 aromatic rings. The van der Waals surface area contributed by atoms with E-state index in [1.807, 2.05) is 24.3 Å². The van der Waals surface area contributed by atoms with Crippen LogP contribution in [-0.4, -0.2) is 69.8 Å². The van der Waals surface area contributed by atoms with Gasteiger partial charge >= 0.3 is 5.97 Å². The maximum absolute atomic E-state index is 13.8. The molecule has 0 bridgehead atoms. The fourth-order valence-electron chi connectivity index (χ4n) is 5.77. The van der Waals surface area contributed by atoms with Gasteiger partial charge in [-0.1, -0.05) is 59.6 Å². The summed E-state index contributed by atoms with van der Waals surface area (Å²) in [4.78, 5) is 42.7. The molecule has 7 nitrogen and oxygen atoms in total. The molecule has 0 aliphatic carbocycles. The van der Waals surface area contributed by atoms with Gasteiger partial charge in [-0.25, -0.2) is 0 Å². The van der Waals surface area contributed by atoms with Crippen LogP contribution < -0.4 is 5.73 Å². The minimum Gasteiger partial charge on any atom is -0.481 e. The number of nitrogens with zero attached hydrogens (tertiary/aromatic N) is 2. The fraction of sp³-hybridized carbons (Fsp3) is 0.483. The number of ketones is 1. The van der Waals surface area contributed by atoms with Crippen molar-refractivity contribution in [3.63, 3.8) is 0 Å². The summed E-state index contributed by atoms with van der Waals surface area (Å²) in [5.41, 5.74) is 8.42. The first kappa shape index (κ1) is 28.6. The maximum Gasteiger partial charge on any atom is 0.303 e. The van der Waals surface area contributed by atoms with Gasteiger partial charge in [0.2, 0.25) is 5.91 Å². The van der Waals surface area contributed by atoms with Crippen LogP contribution in [0.5, 0.6) is 0 Å². The molecule has 0 spiro atoms. The number of carbonyl (C=O) groups excluding carboxylic acids is 2. The topological polar surface area (TPSA) is 104 Å². The van der Waals surface area contributed by atoms with Crippen LogP contribution in [0.4, 0.5) is 0 Å². The second-order valence-corrected chi connectivity index (χ2v) is 11.2. The maximum atomic E-state index is 13.8. The molecule has 2 fully saturated rings. The minimum atomic E-state index is -0.986. The Morgan fingerprint density at radius 2 is 1.79 bits per heavy atom. The number of fused-ring (bicyclic) bond motifs is 1. The molecule has 2 aliphatic heterocycles. The van der Waals surface area contributed by atoms with Crippen LogP contribution in [0, 0.1) is 0 Å². The van der Waals surface area contributed by atoms with Crippen LogP contribution in [0.3, 0.4) is 0 Å². The molecule has 204 valence electrons. The van der Waals surface area contributed by atoms with Gasteiger partial charge in [-0.15, -0.1) is 0 Å². The van der Waals surface area contributed by atoms with Gasteiger partial charge in [-0.2, -0.15) is 0 Å². The van der Waals surface area contributed by atoms with Crippen LogP contribution >= 0.6 is 23.2 Å². The lowest BCUT2D eigenvalue weighted by Crippen LogP contribution is -2.50. The quantitative estimate of drug-likeness (QED) is 0.423. The van der Waals surface area contributed by atoms with E-state index in [1.165, 1.54) is 5.56 Å². The summed E-state index contributed by atoms with van der Waals surface area (Å²) in [6.45, 7) is 1.07. The number of amides is 1. The highest BCUT2D eigenvalue weighted by Crippen LogP contribution is 2.31. The largest absolute Gasteiger partial charge is 0.481 e. The lowest BCUT2D eigenvalue weighted by atomic mass is 9.97. The van der Waals surface area contributed by atoms with Gasteiger partial charge in [0.25, 0.3) is 0 Å². The Morgan fingerprint density at radius 1 is 1.03 bits per heavy atom. The molecule has 3 N–H and O–H groups in total. The first-order chi connectivity index (χ1) is 18.2. The Morgan fingerprint density at radius 3 is 2.50 bits per heavy atom. The number of carboxylic acid groups (broad SMARTS) is 1. The molecule has 0 radical (unpaired) electrons. The molecular formula is C29H35Cl2N3O4. The Bertz CT molecular complexity index is 1150. The van der Waals surface area contributed by atoms with Crippen molar-refractivity contribution in [3.05, 3.63) is 69.7 Å². The predicted octanol–water partition coefficient (Wildman–Crippen LogP) is 4.36. The van der Waals surface area contributed by atoms with Crippen molar-refractivity contribution in [1.29, 1.82) is 0 Å². The van der Waals surface area contributed by atoms with Gasteiger partial charge in [0.15, 0.2) is 5.78 Å². The number of hydrogen-bond donors (Lipinski definition) is 2. The zero-order valence-corrected chi connectivity index (χ0v) is 22.9. The van der Waals surface area contributed by atoms with Crippen molar-refractivity contribution >= 4 is 40.9 Å². The average molecular weight is 561 g/mol. The molecule has 0 unspecified atom stereocenters. The first-order valence-electron chi connectivity index (χ1n) is 13.3. The molecule has 2 aromatic carbocycles. The minimum absolute atomic E-state index is 0.0920. The molecule has 0 aromatic heterocycles. The Balaban J connectivity index is 1.51. The van der Waals surface area contributed by atoms with Crippen LogP contribution in [0.15, 0.2) is 48.5 Å². The number of hydrogen-bond acceptors (Lipinski definition) is 5. The number of Topliss-reactive ketones (excluding diaryl/α,β-unsaturated/α-hetero) is 1. The smallest absolute Gasteiger partial charge is 0.303 e. The predicted molar refractivity (Wildman–Crippen MR) is 148 cm³/mol. The molecule has 4 rings (SSSR count). The van der Waals surface area contributed by atoms with E-state index in [0.29, 0.717) is 42.4 Å². The van der Waals surface area contributed by atoms with E-state index in [-0.39, 0.29) is 49.1 Å². The Hall–Kier alpha value is -2.45. The van der Waals surface area contributed by atoms with Crippen molar-refractivity contribution in [1.82, 2.24) is 9.80 Å². The first-order valence-corrected chi connectivity index (χ1v) is 14.0.